The zero-order valence-electron chi connectivity index (χ0n) is 6.77. The van der Waals surface area contributed by atoms with Crippen molar-refractivity contribution in [3.63, 3.8) is 0 Å². The van der Waals surface area contributed by atoms with Crippen LogP contribution in [0.5, 0.6) is 0 Å². The van der Waals surface area contributed by atoms with Gasteiger partial charge >= 0.3 is 0 Å². The van der Waals surface area contributed by atoms with E-state index in [4.69, 9.17) is 0 Å². The summed E-state index contributed by atoms with van der Waals surface area (Å²) in [7, 11) is 0. The Bertz CT molecular complexity index is 108. The van der Waals surface area contributed by atoms with Crippen molar-refractivity contribution < 1.29 is 0 Å². The first-order valence-electron chi connectivity index (χ1n) is 4.62. The SMILES string of the molecule is C[C@H]1CC2CCCCC2N1. The lowest BCUT2D eigenvalue weighted by atomic mass is 9.85. The van der Waals surface area contributed by atoms with E-state index in [1.54, 1.807) is 0 Å². The Hall–Kier alpha value is -0.0400. The summed E-state index contributed by atoms with van der Waals surface area (Å²) < 4.78 is 0. The van der Waals surface area contributed by atoms with Gasteiger partial charge in [0.15, 0.2) is 0 Å². The van der Waals surface area contributed by atoms with E-state index in [2.05, 4.69) is 12.2 Å². The van der Waals surface area contributed by atoms with Crippen LogP contribution in [0.4, 0.5) is 0 Å². The van der Waals surface area contributed by atoms with E-state index in [1.807, 2.05) is 0 Å². The van der Waals surface area contributed by atoms with Crippen molar-refractivity contribution in [1.82, 2.24) is 5.32 Å². The highest BCUT2D eigenvalue weighted by atomic mass is 15.0. The monoisotopic (exact) mass is 139 g/mol. The predicted molar refractivity (Wildman–Crippen MR) is 43.0 cm³/mol. The van der Waals surface area contributed by atoms with E-state index in [0.29, 0.717) is 0 Å². The van der Waals surface area contributed by atoms with Gasteiger partial charge in [0.05, 0.1) is 0 Å². The molecule has 1 heterocycles. The van der Waals surface area contributed by atoms with E-state index in [1.165, 1.54) is 32.1 Å². The van der Waals surface area contributed by atoms with Crippen molar-refractivity contribution in [3.05, 3.63) is 0 Å². The van der Waals surface area contributed by atoms with Gasteiger partial charge in [-0.15, -0.1) is 0 Å². The average molecular weight is 139 g/mol. The predicted octanol–water partition coefficient (Wildman–Crippen LogP) is 1.93. The van der Waals surface area contributed by atoms with Gasteiger partial charge in [-0.25, -0.2) is 0 Å². The minimum Gasteiger partial charge on any atom is -0.311 e. The zero-order valence-corrected chi connectivity index (χ0v) is 6.77. The van der Waals surface area contributed by atoms with Crippen LogP contribution < -0.4 is 5.32 Å². The largest absolute Gasteiger partial charge is 0.311 e. The van der Waals surface area contributed by atoms with E-state index in [-0.39, 0.29) is 0 Å². The number of hydrogen-bond acceptors (Lipinski definition) is 1. The molecule has 3 atom stereocenters. The lowest BCUT2D eigenvalue weighted by Gasteiger charge is -2.24. The van der Waals surface area contributed by atoms with Gasteiger partial charge in [0, 0.05) is 12.1 Å². The third-order valence-electron chi connectivity index (χ3n) is 3.06. The van der Waals surface area contributed by atoms with Crippen molar-refractivity contribution in [1.29, 1.82) is 0 Å². The molecule has 1 saturated heterocycles. The number of fused-ring (bicyclic) bond motifs is 1. The van der Waals surface area contributed by atoms with Crippen LogP contribution in [0.2, 0.25) is 0 Å². The molecule has 1 N–H and O–H groups in total. The fourth-order valence-corrected chi connectivity index (χ4v) is 2.60. The fourth-order valence-electron chi connectivity index (χ4n) is 2.60. The second-order valence-corrected chi connectivity index (χ2v) is 3.95. The summed E-state index contributed by atoms with van der Waals surface area (Å²) in [6, 6.07) is 1.69. The van der Waals surface area contributed by atoms with Gasteiger partial charge in [-0.2, -0.15) is 0 Å². The smallest absolute Gasteiger partial charge is 0.00983 e. The van der Waals surface area contributed by atoms with Gasteiger partial charge in [0.1, 0.15) is 0 Å². The lowest BCUT2D eigenvalue weighted by Crippen LogP contribution is -2.31. The zero-order chi connectivity index (χ0) is 6.97. The first-order valence-corrected chi connectivity index (χ1v) is 4.62. The van der Waals surface area contributed by atoms with Gasteiger partial charge < -0.3 is 5.32 Å². The third kappa shape index (κ3) is 1.07. The van der Waals surface area contributed by atoms with Crippen LogP contribution in [-0.4, -0.2) is 12.1 Å². The molecular formula is C9H17N. The average Bonchev–Trinajstić information content (AvgIpc) is 2.27. The summed E-state index contributed by atoms with van der Waals surface area (Å²) in [4.78, 5) is 0. The molecule has 1 saturated carbocycles. The second kappa shape index (κ2) is 2.54. The fraction of sp³-hybridized carbons (Fsp3) is 1.00. The van der Waals surface area contributed by atoms with E-state index >= 15 is 0 Å². The molecule has 0 aromatic rings. The van der Waals surface area contributed by atoms with Crippen LogP contribution in [0.25, 0.3) is 0 Å². The molecule has 0 radical (unpaired) electrons. The first kappa shape index (κ1) is 6.66. The van der Waals surface area contributed by atoms with Crippen LogP contribution in [-0.2, 0) is 0 Å². The molecule has 0 spiro atoms. The Kier molecular flexibility index (Phi) is 1.69. The van der Waals surface area contributed by atoms with Crippen LogP contribution in [0.3, 0.4) is 0 Å². The maximum absolute atomic E-state index is 3.66. The number of nitrogens with one attached hydrogen (secondary N) is 1. The van der Waals surface area contributed by atoms with Gasteiger partial charge in [0.2, 0.25) is 0 Å². The van der Waals surface area contributed by atoms with E-state index in [9.17, 15) is 0 Å². The van der Waals surface area contributed by atoms with Crippen LogP contribution >= 0.6 is 0 Å². The van der Waals surface area contributed by atoms with E-state index in [0.717, 1.165) is 18.0 Å². The molecule has 58 valence electrons. The molecule has 0 amide bonds. The molecule has 0 aromatic heterocycles. The Balaban J connectivity index is 1.97. The highest BCUT2D eigenvalue weighted by molar-refractivity contribution is 4.90. The summed E-state index contributed by atoms with van der Waals surface area (Å²) in [5.74, 6) is 1.03. The summed E-state index contributed by atoms with van der Waals surface area (Å²) in [6.45, 7) is 2.32. The van der Waals surface area contributed by atoms with Gasteiger partial charge in [-0.1, -0.05) is 12.8 Å². The van der Waals surface area contributed by atoms with Crippen LogP contribution in [0.15, 0.2) is 0 Å². The van der Waals surface area contributed by atoms with Gasteiger partial charge in [0.25, 0.3) is 0 Å². The third-order valence-corrected chi connectivity index (χ3v) is 3.06. The molecule has 0 bridgehead atoms. The molecule has 1 nitrogen and oxygen atoms in total. The van der Waals surface area contributed by atoms with Crippen molar-refractivity contribution in [2.75, 3.05) is 0 Å². The normalized spacial score (nSPS) is 47.1. The Morgan fingerprint density at radius 3 is 2.80 bits per heavy atom. The summed E-state index contributed by atoms with van der Waals surface area (Å²) >= 11 is 0. The van der Waals surface area contributed by atoms with Gasteiger partial charge in [-0.05, 0) is 32.1 Å². The molecular weight excluding hydrogens is 122 g/mol. The van der Waals surface area contributed by atoms with Crippen LogP contribution in [0, 0.1) is 5.92 Å². The number of hydrogen-bond donors (Lipinski definition) is 1. The second-order valence-electron chi connectivity index (χ2n) is 3.95. The molecule has 2 unspecified atom stereocenters. The van der Waals surface area contributed by atoms with Crippen molar-refractivity contribution in [3.8, 4) is 0 Å². The Morgan fingerprint density at radius 1 is 1.20 bits per heavy atom. The van der Waals surface area contributed by atoms with E-state index < -0.39 is 0 Å². The quantitative estimate of drug-likeness (QED) is 0.540. The minimum absolute atomic E-state index is 0.799. The molecule has 1 aliphatic carbocycles. The molecule has 2 aliphatic rings. The van der Waals surface area contributed by atoms with Gasteiger partial charge in [-0.3, -0.25) is 0 Å². The maximum atomic E-state index is 3.66. The maximum Gasteiger partial charge on any atom is 0.00983 e. The number of rotatable bonds is 0. The standard InChI is InChI=1S/C9H17N/c1-7-6-8-4-2-3-5-9(8)10-7/h7-10H,2-6H2,1H3/t7-,8?,9?/m0/s1. The topological polar surface area (TPSA) is 12.0 Å². The highest BCUT2D eigenvalue weighted by Gasteiger charge is 2.32. The molecule has 1 heteroatoms. The summed E-state index contributed by atoms with van der Waals surface area (Å²) in [6.07, 6.45) is 7.30. The summed E-state index contributed by atoms with van der Waals surface area (Å²) in [5.41, 5.74) is 0. The molecule has 2 rings (SSSR count). The van der Waals surface area contributed by atoms with Crippen molar-refractivity contribution in [2.45, 2.75) is 51.1 Å². The Labute approximate surface area is 63.2 Å². The minimum atomic E-state index is 0.799. The van der Waals surface area contributed by atoms with Crippen LogP contribution in [0.1, 0.15) is 39.0 Å². The van der Waals surface area contributed by atoms with Crippen molar-refractivity contribution >= 4 is 0 Å². The lowest BCUT2D eigenvalue weighted by molar-refractivity contribution is 0.325. The molecule has 1 aliphatic heterocycles. The Morgan fingerprint density at radius 2 is 2.00 bits per heavy atom. The molecule has 2 fully saturated rings. The molecule has 10 heavy (non-hydrogen) atoms. The first-order chi connectivity index (χ1) is 4.86. The van der Waals surface area contributed by atoms with Crippen molar-refractivity contribution in [2.24, 2.45) is 5.92 Å². The summed E-state index contributed by atoms with van der Waals surface area (Å²) in [5, 5.41) is 3.66. The highest BCUT2D eigenvalue weighted by Crippen LogP contribution is 2.32. The molecule has 0 aromatic carbocycles.